The molecule has 1 fully saturated rings. The summed E-state index contributed by atoms with van der Waals surface area (Å²) in [6.45, 7) is 3.63. The molecule has 1 aliphatic rings. The fraction of sp³-hybridized carbons (Fsp3) is 0.562. The Kier molecular flexibility index (Phi) is 11.3. The summed E-state index contributed by atoms with van der Waals surface area (Å²) in [5.41, 5.74) is 0.938. The van der Waals surface area contributed by atoms with Crippen molar-refractivity contribution < 1.29 is 14.3 Å². The van der Waals surface area contributed by atoms with E-state index in [-0.39, 0.29) is 49.3 Å². The second-order valence-corrected chi connectivity index (χ2v) is 5.61. The fourth-order valence-electron chi connectivity index (χ4n) is 2.39. The number of aromatic nitrogens is 1. The van der Waals surface area contributed by atoms with E-state index in [9.17, 15) is 9.59 Å². The molecule has 142 valence electrons. The highest BCUT2D eigenvalue weighted by atomic mass is 35.5. The molecule has 0 bridgehead atoms. The zero-order valence-corrected chi connectivity index (χ0v) is 16.1. The van der Waals surface area contributed by atoms with Crippen molar-refractivity contribution in [2.24, 2.45) is 0 Å². The Balaban J connectivity index is 0.00000288. The maximum absolute atomic E-state index is 12.1. The van der Waals surface area contributed by atoms with Gasteiger partial charge in [0.1, 0.15) is 6.04 Å². The number of rotatable bonds is 6. The average molecular weight is 393 g/mol. The lowest BCUT2D eigenvalue weighted by atomic mass is 10.1. The van der Waals surface area contributed by atoms with Crippen LogP contribution in [0.2, 0.25) is 0 Å². The molecule has 0 unspecified atom stereocenters. The Morgan fingerprint density at radius 2 is 2.16 bits per heavy atom. The van der Waals surface area contributed by atoms with Gasteiger partial charge in [0.2, 0.25) is 11.8 Å². The van der Waals surface area contributed by atoms with Crippen molar-refractivity contribution >= 4 is 36.6 Å². The zero-order valence-electron chi connectivity index (χ0n) is 14.4. The molecule has 7 nitrogen and oxygen atoms in total. The molecule has 25 heavy (non-hydrogen) atoms. The molecular formula is C16H26Cl2N4O3. The van der Waals surface area contributed by atoms with E-state index in [1.807, 2.05) is 25.1 Å². The van der Waals surface area contributed by atoms with Gasteiger partial charge in [-0.2, -0.15) is 0 Å². The van der Waals surface area contributed by atoms with Crippen LogP contribution in [0, 0.1) is 0 Å². The molecule has 2 N–H and O–H groups in total. The lowest BCUT2D eigenvalue weighted by molar-refractivity contribution is -0.134. The van der Waals surface area contributed by atoms with Gasteiger partial charge in [-0.1, -0.05) is 6.07 Å². The largest absolute Gasteiger partial charge is 0.375 e. The molecule has 1 aromatic rings. The van der Waals surface area contributed by atoms with E-state index >= 15 is 0 Å². The van der Waals surface area contributed by atoms with E-state index in [4.69, 9.17) is 4.74 Å². The van der Waals surface area contributed by atoms with Gasteiger partial charge in [-0.05, 0) is 19.1 Å². The Hall–Kier alpha value is -1.41. The molecule has 2 rings (SSSR count). The van der Waals surface area contributed by atoms with Crippen LogP contribution in [0.4, 0.5) is 0 Å². The van der Waals surface area contributed by atoms with Gasteiger partial charge in [0.25, 0.3) is 0 Å². The summed E-state index contributed by atoms with van der Waals surface area (Å²) >= 11 is 0. The highest BCUT2D eigenvalue weighted by molar-refractivity contribution is 5.87. The van der Waals surface area contributed by atoms with Crippen LogP contribution in [0.1, 0.15) is 12.6 Å². The summed E-state index contributed by atoms with van der Waals surface area (Å²) in [6, 6.07) is 5.30. The number of nitrogens with zero attached hydrogens (tertiary/aromatic N) is 2. The van der Waals surface area contributed by atoms with Crippen LogP contribution in [0.3, 0.4) is 0 Å². The lowest BCUT2D eigenvalue weighted by Crippen LogP contribution is -2.56. The maximum Gasteiger partial charge on any atom is 0.241 e. The Bertz CT molecular complexity index is 533. The molecule has 0 aromatic carbocycles. The first kappa shape index (κ1) is 23.6. The van der Waals surface area contributed by atoms with E-state index < -0.39 is 6.04 Å². The van der Waals surface area contributed by atoms with E-state index in [1.54, 1.807) is 18.1 Å². The summed E-state index contributed by atoms with van der Waals surface area (Å²) in [5, 5.41) is 5.77. The van der Waals surface area contributed by atoms with Crippen LogP contribution in [0.25, 0.3) is 0 Å². The van der Waals surface area contributed by atoms with Crippen molar-refractivity contribution in [1.82, 2.24) is 20.5 Å². The van der Waals surface area contributed by atoms with Crippen molar-refractivity contribution in [1.29, 1.82) is 0 Å². The Morgan fingerprint density at radius 3 is 2.80 bits per heavy atom. The third-order valence-electron chi connectivity index (χ3n) is 3.87. The van der Waals surface area contributed by atoms with E-state index in [2.05, 4.69) is 15.6 Å². The van der Waals surface area contributed by atoms with Crippen LogP contribution in [0.5, 0.6) is 0 Å². The van der Waals surface area contributed by atoms with Gasteiger partial charge in [-0.15, -0.1) is 24.8 Å². The Labute approximate surface area is 160 Å². The first-order chi connectivity index (χ1) is 11.1. The number of hydrogen-bond acceptors (Lipinski definition) is 5. The van der Waals surface area contributed by atoms with E-state index in [1.165, 1.54) is 0 Å². The molecule has 9 heteroatoms. The highest BCUT2D eigenvalue weighted by Gasteiger charge is 2.28. The van der Waals surface area contributed by atoms with Crippen LogP contribution in [-0.2, 0) is 20.7 Å². The SMILES string of the molecule is C[C@H]1OCCN[C@@H]1C(=O)NCC(=O)N(C)CCc1ccccn1.Cl.Cl. The van der Waals surface area contributed by atoms with E-state index in [0.717, 1.165) is 5.69 Å². The first-order valence-electron chi connectivity index (χ1n) is 7.84. The number of carbonyl (C=O) groups excluding carboxylic acids is 2. The van der Waals surface area contributed by atoms with Gasteiger partial charge in [0, 0.05) is 38.4 Å². The predicted octanol–water partition coefficient (Wildman–Crippen LogP) is 0.419. The third kappa shape index (κ3) is 7.56. The van der Waals surface area contributed by atoms with Crippen molar-refractivity contribution in [2.75, 3.05) is 33.3 Å². The van der Waals surface area contributed by atoms with Crippen molar-refractivity contribution in [3.63, 3.8) is 0 Å². The molecule has 0 aliphatic carbocycles. The third-order valence-corrected chi connectivity index (χ3v) is 3.87. The number of ether oxygens (including phenoxy) is 1. The van der Waals surface area contributed by atoms with Crippen LogP contribution in [-0.4, -0.2) is 67.1 Å². The summed E-state index contributed by atoms with van der Waals surface area (Å²) in [6.07, 6.45) is 2.23. The lowest BCUT2D eigenvalue weighted by Gasteiger charge is -2.29. The number of hydrogen-bond donors (Lipinski definition) is 2. The molecule has 1 aliphatic heterocycles. The summed E-state index contributed by atoms with van der Waals surface area (Å²) < 4.78 is 5.43. The quantitative estimate of drug-likeness (QED) is 0.732. The molecule has 2 heterocycles. The molecule has 2 amide bonds. The number of likely N-dealkylation sites (N-methyl/N-ethyl adjacent to an activating group) is 1. The van der Waals surface area contributed by atoms with Gasteiger partial charge < -0.3 is 20.3 Å². The zero-order chi connectivity index (χ0) is 16.7. The number of halogens is 2. The minimum Gasteiger partial charge on any atom is -0.375 e. The van der Waals surface area contributed by atoms with Crippen LogP contribution in [0.15, 0.2) is 24.4 Å². The summed E-state index contributed by atoms with van der Waals surface area (Å²) in [4.78, 5) is 30.0. The normalized spacial score (nSPS) is 19.1. The smallest absolute Gasteiger partial charge is 0.241 e. The van der Waals surface area contributed by atoms with Crippen molar-refractivity contribution in [2.45, 2.75) is 25.5 Å². The monoisotopic (exact) mass is 392 g/mol. The minimum atomic E-state index is -0.407. The number of pyridine rings is 1. The standard InChI is InChI=1S/C16H24N4O3.2ClH/c1-12-15(18-8-10-23-12)16(22)19-11-14(21)20(2)9-6-13-5-3-4-7-17-13;;/h3-5,7,12,15,18H,6,8-11H2,1-2H3,(H,19,22);2*1H/t12-,15+;;/m1../s1. The number of morpholine rings is 1. The Morgan fingerprint density at radius 1 is 1.40 bits per heavy atom. The minimum absolute atomic E-state index is 0. The van der Waals surface area contributed by atoms with Gasteiger partial charge in [-0.25, -0.2) is 0 Å². The fourth-order valence-corrected chi connectivity index (χ4v) is 2.39. The average Bonchev–Trinajstić information content (AvgIpc) is 2.58. The van der Waals surface area contributed by atoms with Crippen molar-refractivity contribution in [3.8, 4) is 0 Å². The molecule has 0 radical (unpaired) electrons. The predicted molar refractivity (Wildman–Crippen MR) is 100 cm³/mol. The highest BCUT2D eigenvalue weighted by Crippen LogP contribution is 2.03. The molecule has 2 atom stereocenters. The summed E-state index contributed by atoms with van der Waals surface area (Å²) in [5.74, 6) is -0.331. The maximum atomic E-state index is 12.1. The van der Waals surface area contributed by atoms with Crippen LogP contribution < -0.4 is 10.6 Å². The van der Waals surface area contributed by atoms with Crippen molar-refractivity contribution in [3.05, 3.63) is 30.1 Å². The van der Waals surface area contributed by atoms with Gasteiger partial charge in [0.15, 0.2) is 0 Å². The molecule has 1 aromatic heterocycles. The molecular weight excluding hydrogens is 367 g/mol. The molecule has 0 spiro atoms. The van der Waals surface area contributed by atoms with Gasteiger partial charge in [0.05, 0.1) is 19.3 Å². The molecule has 0 saturated carbocycles. The second-order valence-electron chi connectivity index (χ2n) is 5.61. The van der Waals surface area contributed by atoms with Gasteiger partial charge in [-0.3, -0.25) is 14.6 Å². The topological polar surface area (TPSA) is 83.6 Å². The number of carbonyl (C=O) groups is 2. The number of amides is 2. The molecule has 1 saturated heterocycles. The van der Waals surface area contributed by atoms with E-state index in [0.29, 0.717) is 26.1 Å². The summed E-state index contributed by atoms with van der Waals surface area (Å²) in [7, 11) is 1.72. The van der Waals surface area contributed by atoms with Crippen LogP contribution >= 0.6 is 24.8 Å². The number of nitrogens with one attached hydrogen (secondary N) is 2. The van der Waals surface area contributed by atoms with Gasteiger partial charge >= 0.3 is 0 Å². The first-order valence-corrected chi connectivity index (χ1v) is 7.84. The second kappa shape index (κ2) is 12.0.